The zero-order valence-electron chi connectivity index (χ0n) is 26.2. The van der Waals surface area contributed by atoms with Gasteiger partial charge in [-0.3, -0.25) is 0 Å². The first-order valence-electron chi connectivity index (χ1n) is 15.8. The maximum Gasteiger partial charge on any atom is 0.121 e. The molecule has 0 fully saturated rings. The number of aliphatic hydroxyl groups is 2. The summed E-state index contributed by atoms with van der Waals surface area (Å²) >= 11 is 0. The molecule has 0 aromatic heterocycles. The van der Waals surface area contributed by atoms with E-state index in [0.29, 0.717) is 5.92 Å². The third-order valence-electron chi connectivity index (χ3n) is 8.40. The van der Waals surface area contributed by atoms with Gasteiger partial charge in [0.2, 0.25) is 0 Å². The molecule has 0 amide bonds. The second-order valence-corrected chi connectivity index (χ2v) is 12.3. The van der Waals surface area contributed by atoms with E-state index in [2.05, 4.69) is 59.8 Å². The van der Waals surface area contributed by atoms with E-state index in [4.69, 9.17) is 4.74 Å². The third kappa shape index (κ3) is 14.7. The van der Waals surface area contributed by atoms with Crippen LogP contribution in [0.3, 0.4) is 0 Å². The van der Waals surface area contributed by atoms with Crippen LogP contribution in [0.25, 0.3) is 0 Å². The molecule has 220 valence electrons. The van der Waals surface area contributed by atoms with E-state index >= 15 is 0 Å². The fraction of sp³-hybridized carbons (Fsp3) is 0.771. The molecular weight excluding hydrogens is 468 g/mol. The van der Waals surface area contributed by atoms with E-state index < -0.39 is 11.7 Å². The summed E-state index contributed by atoms with van der Waals surface area (Å²) < 4.78 is 6.33. The molecule has 1 rings (SSSR count). The number of allylic oxidation sites excluding steroid dienone is 5. The lowest BCUT2D eigenvalue weighted by Gasteiger charge is -2.29. The topological polar surface area (TPSA) is 49.7 Å². The normalized spacial score (nSPS) is 21.1. The van der Waals surface area contributed by atoms with Gasteiger partial charge in [-0.15, -0.1) is 0 Å². The fourth-order valence-electron chi connectivity index (χ4n) is 5.36. The monoisotopic (exact) mass is 530 g/mol. The SMILES string of the molecule is CC=CC/C=C(\C)CCCC(C)(O)CCCC(C)CCC1=CC(O)C(C)C(C)=C1OCCCCCCCC. The molecule has 0 aromatic carbocycles. The first kappa shape index (κ1) is 34.7. The van der Waals surface area contributed by atoms with Gasteiger partial charge in [0.05, 0.1) is 18.3 Å². The Hall–Kier alpha value is -1.32. The minimum absolute atomic E-state index is 0.116. The molecule has 3 nitrogen and oxygen atoms in total. The van der Waals surface area contributed by atoms with Crippen molar-refractivity contribution in [3.05, 3.63) is 46.8 Å². The van der Waals surface area contributed by atoms with Crippen molar-refractivity contribution < 1.29 is 14.9 Å². The van der Waals surface area contributed by atoms with Gasteiger partial charge in [0, 0.05) is 5.92 Å². The summed E-state index contributed by atoms with van der Waals surface area (Å²) in [5, 5.41) is 21.5. The predicted octanol–water partition coefficient (Wildman–Crippen LogP) is 9.99. The van der Waals surface area contributed by atoms with Crippen LogP contribution in [0, 0.1) is 11.8 Å². The Morgan fingerprint density at radius 3 is 2.47 bits per heavy atom. The van der Waals surface area contributed by atoms with Crippen molar-refractivity contribution in [1.82, 2.24) is 0 Å². The van der Waals surface area contributed by atoms with Gasteiger partial charge in [0.25, 0.3) is 0 Å². The molecule has 1 aliphatic carbocycles. The zero-order chi connectivity index (χ0) is 28.4. The number of hydrogen-bond acceptors (Lipinski definition) is 3. The van der Waals surface area contributed by atoms with E-state index in [1.165, 1.54) is 48.8 Å². The summed E-state index contributed by atoms with van der Waals surface area (Å²) in [5.41, 5.74) is 3.23. The Morgan fingerprint density at radius 1 is 1.08 bits per heavy atom. The quantitative estimate of drug-likeness (QED) is 0.115. The molecule has 0 aliphatic heterocycles. The average Bonchev–Trinajstić information content (AvgIpc) is 2.86. The number of rotatable bonds is 21. The molecule has 0 heterocycles. The summed E-state index contributed by atoms with van der Waals surface area (Å²) in [6, 6.07) is 0. The maximum atomic E-state index is 10.9. The van der Waals surface area contributed by atoms with Gasteiger partial charge in [-0.05, 0) is 102 Å². The highest BCUT2D eigenvalue weighted by molar-refractivity contribution is 5.37. The van der Waals surface area contributed by atoms with E-state index in [-0.39, 0.29) is 5.92 Å². The molecule has 0 saturated heterocycles. The Morgan fingerprint density at radius 2 is 1.76 bits per heavy atom. The van der Waals surface area contributed by atoms with E-state index in [1.54, 1.807) is 0 Å². The lowest BCUT2D eigenvalue weighted by Crippen LogP contribution is -2.24. The molecule has 0 radical (unpaired) electrons. The standard InChI is InChI=1S/C35H62O3/c1-8-10-12-13-14-16-26-38-34-31(6)30(5)33(36)27-32(34)23-22-29(4)21-18-25-35(7,37)24-17-20-28(3)19-15-11-9-2/h9,11,19,27,29-30,33,36-37H,8,10,12-18,20-26H2,1-7H3/b11-9?,28-19+. The summed E-state index contributed by atoms with van der Waals surface area (Å²) in [7, 11) is 0. The van der Waals surface area contributed by atoms with E-state index in [0.717, 1.165) is 76.6 Å². The van der Waals surface area contributed by atoms with Gasteiger partial charge < -0.3 is 14.9 Å². The lowest BCUT2D eigenvalue weighted by molar-refractivity contribution is 0.0365. The Labute approximate surface area is 236 Å². The fourth-order valence-corrected chi connectivity index (χ4v) is 5.36. The largest absolute Gasteiger partial charge is 0.493 e. The Bertz CT molecular complexity index is 755. The second kappa shape index (κ2) is 19.7. The van der Waals surface area contributed by atoms with Gasteiger partial charge >= 0.3 is 0 Å². The smallest absolute Gasteiger partial charge is 0.121 e. The van der Waals surface area contributed by atoms with Crippen LogP contribution < -0.4 is 0 Å². The molecule has 1 aliphatic rings. The predicted molar refractivity (Wildman–Crippen MR) is 165 cm³/mol. The van der Waals surface area contributed by atoms with E-state index in [1.807, 2.05) is 13.0 Å². The Balaban J connectivity index is 2.43. The van der Waals surface area contributed by atoms with E-state index in [9.17, 15) is 10.2 Å². The van der Waals surface area contributed by atoms with Gasteiger partial charge in [-0.25, -0.2) is 0 Å². The first-order chi connectivity index (χ1) is 18.1. The highest BCUT2D eigenvalue weighted by Crippen LogP contribution is 2.34. The molecule has 0 saturated carbocycles. The molecule has 4 unspecified atom stereocenters. The van der Waals surface area contributed by atoms with Crippen molar-refractivity contribution in [2.75, 3.05) is 6.61 Å². The summed E-state index contributed by atoms with van der Waals surface area (Å²) in [5.74, 6) is 1.74. The summed E-state index contributed by atoms with van der Waals surface area (Å²) in [6.07, 6.45) is 24.8. The van der Waals surface area contributed by atoms with Crippen LogP contribution in [0.1, 0.15) is 145 Å². The summed E-state index contributed by atoms with van der Waals surface area (Å²) in [4.78, 5) is 0. The van der Waals surface area contributed by atoms with Crippen molar-refractivity contribution in [2.24, 2.45) is 11.8 Å². The van der Waals surface area contributed by atoms with Crippen LogP contribution in [0.5, 0.6) is 0 Å². The van der Waals surface area contributed by atoms with Crippen LogP contribution in [0.15, 0.2) is 46.8 Å². The molecule has 2 N–H and O–H groups in total. The van der Waals surface area contributed by atoms with Crippen molar-refractivity contribution in [3.63, 3.8) is 0 Å². The van der Waals surface area contributed by atoms with Crippen molar-refractivity contribution in [2.45, 2.75) is 156 Å². The van der Waals surface area contributed by atoms with Crippen molar-refractivity contribution >= 4 is 0 Å². The molecule has 0 aromatic rings. The van der Waals surface area contributed by atoms with Crippen molar-refractivity contribution in [3.8, 4) is 0 Å². The summed E-state index contributed by atoms with van der Waals surface area (Å²) in [6.45, 7) is 15.8. The van der Waals surface area contributed by atoms with Gasteiger partial charge in [0.1, 0.15) is 5.76 Å². The van der Waals surface area contributed by atoms with Crippen LogP contribution in [-0.4, -0.2) is 28.5 Å². The molecule has 3 heteroatoms. The van der Waals surface area contributed by atoms with Crippen LogP contribution in [0.2, 0.25) is 0 Å². The minimum atomic E-state index is -0.577. The molecular formula is C35H62O3. The van der Waals surface area contributed by atoms with Crippen LogP contribution in [0.4, 0.5) is 0 Å². The Kier molecular flexibility index (Phi) is 18.0. The van der Waals surface area contributed by atoms with Crippen LogP contribution >= 0.6 is 0 Å². The van der Waals surface area contributed by atoms with Crippen LogP contribution in [-0.2, 0) is 4.74 Å². The minimum Gasteiger partial charge on any atom is -0.493 e. The van der Waals surface area contributed by atoms with Gasteiger partial charge in [0.15, 0.2) is 0 Å². The van der Waals surface area contributed by atoms with Gasteiger partial charge in [-0.2, -0.15) is 0 Å². The van der Waals surface area contributed by atoms with Crippen molar-refractivity contribution in [1.29, 1.82) is 0 Å². The number of aliphatic hydroxyl groups excluding tert-OH is 1. The number of unbranched alkanes of at least 4 members (excludes halogenated alkanes) is 5. The lowest BCUT2D eigenvalue weighted by atomic mass is 9.84. The second-order valence-electron chi connectivity index (χ2n) is 12.3. The first-order valence-corrected chi connectivity index (χ1v) is 15.8. The molecule has 38 heavy (non-hydrogen) atoms. The molecule has 0 bridgehead atoms. The van der Waals surface area contributed by atoms with Gasteiger partial charge in [-0.1, -0.05) is 89.5 Å². The average molecular weight is 531 g/mol. The third-order valence-corrected chi connectivity index (χ3v) is 8.40. The highest BCUT2D eigenvalue weighted by atomic mass is 16.5. The zero-order valence-corrected chi connectivity index (χ0v) is 26.2. The molecule has 0 spiro atoms. The molecule has 4 atom stereocenters. The highest BCUT2D eigenvalue weighted by Gasteiger charge is 2.26. The maximum absolute atomic E-state index is 10.9. The number of ether oxygens (including phenoxy) is 1. The number of hydrogen-bond donors (Lipinski definition) is 2.